The lowest BCUT2D eigenvalue weighted by Gasteiger charge is -2.23. The molecule has 1 aromatic heterocycles. The van der Waals surface area contributed by atoms with Crippen LogP contribution in [0.15, 0.2) is 24.4 Å². The summed E-state index contributed by atoms with van der Waals surface area (Å²) in [6, 6.07) is 6.48. The van der Waals surface area contributed by atoms with Crippen molar-refractivity contribution in [1.29, 1.82) is 0 Å². The third-order valence-corrected chi connectivity index (χ3v) is 4.29. The third kappa shape index (κ3) is 3.61. The van der Waals surface area contributed by atoms with E-state index in [1.807, 2.05) is 11.0 Å². The molecule has 2 aromatic rings. The summed E-state index contributed by atoms with van der Waals surface area (Å²) in [6.45, 7) is 4.69. The molecule has 1 N–H and O–H groups in total. The molecule has 0 aliphatic heterocycles. The van der Waals surface area contributed by atoms with Crippen LogP contribution in [0, 0.1) is 13.8 Å². The number of benzene rings is 1. The normalized spacial score (nSPS) is 13.8. The van der Waals surface area contributed by atoms with Crippen LogP contribution in [0.25, 0.3) is 0 Å². The molecule has 1 heterocycles. The first-order valence-electron chi connectivity index (χ1n) is 7.93. The predicted molar refractivity (Wildman–Crippen MR) is 86.5 cm³/mol. The van der Waals surface area contributed by atoms with Gasteiger partial charge in [0, 0.05) is 12.6 Å². The Morgan fingerprint density at radius 1 is 1.29 bits per heavy atom. The van der Waals surface area contributed by atoms with Crippen LogP contribution in [-0.4, -0.2) is 42.9 Å². The molecule has 1 aromatic carbocycles. The lowest BCUT2D eigenvalue weighted by Crippen LogP contribution is -2.35. The van der Waals surface area contributed by atoms with E-state index in [1.54, 1.807) is 0 Å². The van der Waals surface area contributed by atoms with Crippen LogP contribution in [0.1, 0.15) is 40.0 Å². The summed E-state index contributed by atoms with van der Waals surface area (Å²) >= 11 is 0. The van der Waals surface area contributed by atoms with Gasteiger partial charge < -0.3 is 10.0 Å². The Balaban J connectivity index is 1.71. The van der Waals surface area contributed by atoms with E-state index in [-0.39, 0.29) is 24.2 Å². The quantitative estimate of drug-likeness (QED) is 0.873. The lowest BCUT2D eigenvalue weighted by atomic mass is 10.1. The van der Waals surface area contributed by atoms with Crippen molar-refractivity contribution in [3.05, 3.63) is 46.8 Å². The van der Waals surface area contributed by atoms with Crippen LogP contribution in [0.2, 0.25) is 0 Å². The second-order valence-corrected chi connectivity index (χ2v) is 6.28. The minimum Gasteiger partial charge on any atom is -0.476 e. The molecule has 1 amide bonds. The topological polar surface area (TPSA) is 88.3 Å². The summed E-state index contributed by atoms with van der Waals surface area (Å²) in [4.78, 5) is 25.3. The van der Waals surface area contributed by atoms with Crippen LogP contribution >= 0.6 is 0 Å². The first-order chi connectivity index (χ1) is 11.4. The number of hydrogen-bond acceptors (Lipinski definition) is 4. The Hall–Kier alpha value is -2.70. The number of carbonyl (C=O) groups is 2. The fourth-order valence-corrected chi connectivity index (χ4v) is 2.61. The van der Waals surface area contributed by atoms with Crippen molar-refractivity contribution < 1.29 is 14.7 Å². The van der Waals surface area contributed by atoms with Gasteiger partial charge in [0.05, 0.1) is 6.20 Å². The summed E-state index contributed by atoms with van der Waals surface area (Å²) in [5.74, 6) is -1.22. The predicted octanol–water partition coefficient (Wildman–Crippen LogP) is 1.78. The van der Waals surface area contributed by atoms with Gasteiger partial charge in [-0.3, -0.25) is 4.79 Å². The van der Waals surface area contributed by atoms with E-state index < -0.39 is 5.97 Å². The van der Waals surface area contributed by atoms with E-state index in [4.69, 9.17) is 5.11 Å². The number of carbonyl (C=O) groups excluding carboxylic acids is 1. The molecule has 0 bridgehead atoms. The summed E-state index contributed by atoms with van der Waals surface area (Å²) < 4.78 is 1.28. The molecule has 0 unspecified atom stereocenters. The minimum absolute atomic E-state index is 0.00161. The van der Waals surface area contributed by atoms with Crippen molar-refractivity contribution in [2.75, 3.05) is 0 Å². The second-order valence-electron chi connectivity index (χ2n) is 6.28. The standard InChI is InChI=1S/C17H20N4O3/c1-11-3-4-13(7-12(11)2)8-21(14-5-6-14)16(22)10-20-9-15(17(23)24)18-19-20/h3-4,7,9,14H,5-6,8,10H2,1-2H3,(H,23,24). The summed E-state index contributed by atoms with van der Waals surface area (Å²) in [5, 5.41) is 16.1. The highest BCUT2D eigenvalue weighted by molar-refractivity contribution is 5.84. The van der Waals surface area contributed by atoms with Crippen LogP contribution < -0.4 is 0 Å². The number of carboxylic acid groups (broad SMARTS) is 1. The lowest BCUT2D eigenvalue weighted by molar-refractivity contribution is -0.133. The van der Waals surface area contributed by atoms with Gasteiger partial charge in [0.1, 0.15) is 6.54 Å². The molecular weight excluding hydrogens is 308 g/mol. The number of hydrogen-bond donors (Lipinski definition) is 1. The van der Waals surface area contributed by atoms with Crippen LogP contribution in [-0.2, 0) is 17.9 Å². The smallest absolute Gasteiger partial charge is 0.358 e. The molecule has 7 nitrogen and oxygen atoms in total. The van der Waals surface area contributed by atoms with Crippen molar-refractivity contribution in [1.82, 2.24) is 19.9 Å². The van der Waals surface area contributed by atoms with Gasteiger partial charge in [-0.2, -0.15) is 0 Å². The average Bonchev–Trinajstić information content (AvgIpc) is 3.26. The first-order valence-corrected chi connectivity index (χ1v) is 7.93. The van der Waals surface area contributed by atoms with Crippen LogP contribution in [0.3, 0.4) is 0 Å². The van der Waals surface area contributed by atoms with Gasteiger partial charge >= 0.3 is 5.97 Å². The molecule has 1 fully saturated rings. The molecule has 24 heavy (non-hydrogen) atoms. The van der Waals surface area contributed by atoms with Crippen LogP contribution in [0.5, 0.6) is 0 Å². The molecule has 0 atom stereocenters. The molecular formula is C17H20N4O3. The Labute approximate surface area is 139 Å². The number of nitrogens with zero attached hydrogens (tertiary/aromatic N) is 4. The van der Waals surface area contributed by atoms with E-state index >= 15 is 0 Å². The van der Waals surface area contributed by atoms with E-state index in [0.29, 0.717) is 6.54 Å². The Morgan fingerprint density at radius 3 is 2.62 bits per heavy atom. The van der Waals surface area contributed by atoms with Gasteiger partial charge in [0.15, 0.2) is 5.69 Å². The monoisotopic (exact) mass is 328 g/mol. The van der Waals surface area contributed by atoms with Gasteiger partial charge in [-0.25, -0.2) is 9.48 Å². The fraction of sp³-hybridized carbons (Fsp3) is 0.412. The van der Waals surface area contributed by atoms with E-state index in [0.717, 1.165) is 18.4 Å². The van der Waals surface area contributed by atoms with Gasteiger partial charge in [0.25, 0.3) is 0 Å². The van der Waals surface area contributed by atoms with E-state index in [2.05, 4.69) is 36.3 Å². The van der Waals surface area contributed by atoms with E-state index in [1.165, 1.54) is 22.0 Å². The van der Waals surface area contributed by atoms with Crippen molar-refractivity contribution in [3.8, 4) is 0 Å². The van der Waals surface area contributed by atoms with Crippen LogP contribution in [0.4, 0.5) is 0 Å². The highest BCUT2D eigenvalue weighted by Crippen LogP contribution is 2.29. The summed E-state index contributed by atoms with van der Waals surface area (Å²) in [5.41, 5.74) is 3.38. The molecule has 1 saturated carbocycles. The molecule has 3 rings (SSSR count). The fourth-order valence-electron chi connectivity index (χ4n) is 2.61. The van der Waals surface area contributed by atoms with Gasteiger partial charge in [-0.15, -0.1) is 5.10 Å². The summed E-state index contributed by atoms with van der Waals surface area (Å²) in [6.07, 6.45) is 3.30. The van der Waals surface area contributed by atoms with Gasteiger partial charge in [0.2, 0.25) is 5.91 Å². The molecule has 0 spiro atoms. The molecule has 0 radical (unpaired) electrons. The zero-order chi connectivity index (χ0) is 17.3. The first kappa shape index (κ1) is 16.2. The number of rotatable bonds is 6. The number of amides is 1. The number of aromatic nitrogens is 3. The number of carboxylic acids is 1. The van der Waals surface area contributed by atoms with Crippen molar-refractivity contribution in [2.45, 2.75) is 45.8 Å². The van der Waals surface area contributed by atoms with Crippen molar-refractivity contribution >= 4 is 11.9 Å². The third-order valence-electron chi connectivity index (χ3n) is 4.29. The largest absolute Gasteiger partial charge is 0.476 e. The number of aryl methyl sites for hydroxylation is 2. The molecule has 7 heteroatoms. The minimum atomic E-state index is -1.15. The van der Waals surface area contributed by atoms with Crippen molar-refractivity contribution in [2.24, 2.45) is 0 Å². The maximum atomic E-state index is 12.6. The zero-order valence-corrected chi connectivity index (χ0v) is 13.8. The Kier molecular flexibility index (Phi) is 4.33. The molecule has 1 aliphatic carbocycles. The summed E-state index contributed by atoms with van der Waals surface area (Å²) in [7, 11) is 0. The van der Waals surface area contributed by atoms with E-state index in [9.17, 15) is 9.59 Å². The van der Waals surface area contributed by atoms with Gasteiger partial charge in [-0.05, 0) is 43.4 Å². The maximum absolute atomic E-state index is 12.6. The van der Waals surface area contributed by atoms with Gasteiger partial charge in [-0.1, -0.05) is 23.4 Å². The molecule has 1 aliphatic rings. The zero-order valence-electron chi connectivity index (χ0n) is 13.8. The maximum Gasteiger partial charge on any atom is 0.358 e. The molecule has 126 valence electrons. The Morgan fingerprint density at radius 2 is 2.04 bits per heavy atom. The number of aromatic carboxylic acids is 1. The highest BCUT2D eigenvalue weighted by atomic mass is 16.4. The average molecular weight is 328 g/mol. The highest BCUT2D eigenvalue weighted by Gasteiger charge is 2.32. The molecule has 0 saturated heterocycles. The van der Waals surface area contributed by atoms with Crippen molar-refractivity contribution in [3.63, 3.8) is 0 Å². The SMILES string of the molecule is Cc1ccc(CN(C(=O)Cn2cc(C(=O)O)nn2)C2CC2)cc1C. The Bertz CT molecular complexity index is 780. The second kappa shape index (κ2) is 6.43.